The highest BCUT2D eigenvalue weighted by molar-refractivity contribution is 7.99. The third-order valence-electron chi connectivity index (χ3n) is 4.98. The number of nitrogens with zero attached hydrogens (tertiary/aromatic N) is 3. The van der Waals surface area contributed by atoms with Gasteiger partial charge >= 0.3 is 0 Å². The van der Waals surface area contributed by atoms with Crippen LogP contribution in [0, 0.1) is 0 Å². The third kappa shape index (κ3) is 6.24. The molecule has 0 aliphatic rings. The van der Waals surface area contributed by atoms with Gasteiger partial charge in [0.25, 0.3) is 0 Å². The van der Waals surface area contributed by atoms with Gasteiger partial charge in [-0.15, -0.1) is 0 Å². The Morgan fingerprint density at radius 1 is 1.22 bits per heavy atom. The average molecular weight is 476 g/mol. The molecule has 1 heterocycles. The Hall–Kier alpha value is -2.56. The van der Waals surface area contributed by atoms with E-state index in [2.05, 4.69) is 34.3 Å². The number of benzene rings is 2. The monoisotopic (exact) mass is 475 g/mol. The van der Waals surface area contributed by atoms with Gasteiger partial charge in [-0.3, -0.25) is 4.79 Å². The van der Waals surface area contributed by atoms with E-state index in [4.69, 9.17) is 5.14 Å². The van der Waals surface area contributed by atoms with Gasteiger partial charge in [-0.1, -0.05) is 36.9 Å². The Bertz CT molecular complexity index is 1160. The summed E-state index contributed by atoms with van der Waals surface area (Å²) in [6.45, 7) is 4.22. The van der Waals surface area contributed by atoms with Crippen molar-refractivity contribution in [2.24, 2.45) is 5.14 Å². The number of aromatic nitrogens is 2. The lowest BCUT2D eigenvalue weighted by Gasteiger charge is -2.19. The summed E-state index contributed by atoms with van der Waals surface area (Å²) in [5, 5.41) is 8.88. The Morgan fingerprint density at radius 2 is 1.97 bits per heavy atom. The van der Waals surface area contributed by atoms with E-state index in [0.717, 1.165) is 37.1 Å². The average Bonchev–Trinajstić information content (AvgIpc) is 3.12. The van der Waals surface area contributed by atoms with E-state index in [1.165, 1.54) is 23.9 Å². The first kappa shape index (κ1) is 24.1. The number of sulfonamides is 1. The molecule has 3 rings (SSSR count). The number of thioether (sulfide) groups is 1. The number of aryl methyl sites for hydroxylation is 1. The second-order valence-corrected chi connectivity index (χ2v) is 9.99. The molecular formula is C22H29N5O3S2. The zero-order valence-corrected chi connectivity index (χ0v) is 20.0. The van der Waals surface area contributed by atoms with E-state index >= 15 is 0 Å². The standard InChI is InChI=1S/C22H29N5O3S2/c1-3-13-27-20-11-10-18(32(23,29)30)15-19(20)25-22(27)31-16-21(28)24-12-7-14-26(2)17-8-5-4-6-9-17/h4-6,8-11,15H,3,7,12-14,16H2,1-2H3,(H,24,28)(H2,23,29,30). The van der Waals surface area contributed by atoms with Crippen LogP contribution in [0.2, 0.25) is 0 Å². The van der Waals surface area contributed by atoms with E-state index in [0.29, 0.717) is 17.2 Å². The van der Waals surface area contributed by atoms with Crippen molar-refractivity contribution in [2.75, 3.05) is 30.8 Å². The molecule has 0 saturated heterocycles. The van der Waals surface area contributed by atoms with Crippen LogP contribution in [-0.2, 0) is 21.4 Å². The number of nitrogens with two attached hydrogens (primary N) is 1. The number of carbonyl (C=O) groups excluding carboxylic acids is 1. The van der Waals surface area contributed by atoms with Crippen molar-refractivity contribution in [3.63, 3.8) is 0 Å². The maximum Gasteiger partial charge on any atom is 0.238 e. The van der Waals surface area contributed by atoms with Crippen LogP contribution in [0.4, 0.5) is 5.69 Å². The van der Waals surface area contributed by atoms with Crippen molar-refractivity contribution in [2.45, 2.75) is 36.4 Å². The van der Waals surface area contributed by atoms with Gasteiger partial charge in [0.1, 0.15) is 0 Å². The van der Waals surface area contributed by atoms with E-state index < -0.39 is 10.0 Å². The smallest absolute Gasteiger partial charge is 0.238 e. The summed E-state index contributed by atoms with van der Waals surface area (Å²) in [5.41, 5.74) is 2.53. The number of rotatable bonds is 11. The number of amides is 1. The topological polar surface area (TPSA) is 110 Å². The fourth-order valence-corrected chi connectivity index (χ4v) is 4.76. The van der Waals surface area contributed by atoms with Crippen LogP contribution in [0.25, 0.3) is 11.0 Å². The molecule has 0 bridgehead atoms. The van der Waals surface area contributed by atoms with Crippen molar-refractivity contribution < 1.29 is 13.2 Å². The van der Waals surface area contributed by atoms with Crippen LogP contribution >= 0.6 is 11.8 Å². The van der Waals surface area contributed by atoms with Crippen molar-refractivity contribution in [3.05, 3.63) is 48.5 Å². The molecule has 1 aromatic heterocycles. The fourth-order valence-electron chi connectivity index (χ4n) is 3.35. The summed E-state index contributed by atoms with van der Waals surface area (Å²) >= 11 is 1.34. The maximum absolute atomic E-state index is 12.3. The van der Waals surface area contributed by atoms with Crippen LogP contribution in [0.15, 0.2) is 58.6 Å². The molecule has 0 saturated carbocycles. The van der Waals surface area contributed by atoms with Crippen molar-refractivity contribution in [1.29, 1.82) is 0 Å². The molecule has 1 amide bonds. The van der Waals surface area contributed by atoms with Gasteiger partial charge in [0.2, 0.25) is 15.9 Å². The number of hydrogen-bond donors (Lipinski definition) is 2. The van der Waals surface area contributed by atoms with Gasteiger partial charge < -0.3 is 14.8 Å². The molecule has 172 valence electrons. The zero-order valence-electron chi connectivity index (χ0n) is 18.3. The summed E-state index contributed by atoms with van der Waals surface area (Å²) in [6, 6.07) is 14.8. The molecule has 2 aromatic carbocycles. The lowest BCUT2D eigenvalue weighted by atomic mass is 10.3. The summed E-state index contributed by atoms with van der Waals surface area (Å²) in [5.74, 6) is 0.182. The summed E-state index contributed by atoms with van der Waals surface area (Å²) in [6.07, 6.45) is 1.73. The van der Waals surface area contributed by atoms with Crippen molar-refractivity contribution in [1.82, 2.24) is 14.9 Å². The quantitative estimate of drug-likeness (QED) is 0.326. The van der Waals surface area contributed by atoms with Crippen LogP contribution in [-0.4, -0.2) is 49.8 Å². The van der Waals surface area contributed by atoms with E-state index in [1.54, 1.807) is 6.07 Å². The highest BCUT2D eigenvalue weighted by Crippen LogP contribution is 2.26. The largest absolute Gasteiger partial charge is 0.375 e. The van der Waals surface area contributed by atoms with E-state index in [1.807, 2.05) is 29.8 Å². The number of fused-ring (bicyclic) bond motifs is 1. The predicted molar refractivity (Wildman–Crippen MR) is 129 cm³/mol. The lowest BCUT2D eigenvalue weighted by Crippen LogP contribution is -2.29. The summed E-state index contributed by atoms with van der Waals surface area (Å²) < 4.78 is 25.3. The van der Waals surface area contributed by atoms with Gasteiger partial charge in [0.05, 0.1) is 21.7 Å². The predicted octanol–water partition coefficient (Wildman–Crippen LogP) is 2.83. The first-order valence-corrected chi connectivity index (χ1v) is 13.0. The van der Waals surface area contributed by atoms with Crippen LogP contribution < -0.4 is 15.4 Å². The fraction of sp³-hybridized carbons (Fsp3) is 0.364. The van der Waals surface area contributed by atoms with Gasteiger partial charge in [-0.05, 0) is 43.2 Å². The Kier molecular flexibility index (Phi) is 8.16. The number of para-hydroxylation sites is 1. The van der Waals surface area contributed by atoms with Gasteiger partial charge in [0.15, 0.2) is 5.16 Å². The second kappa shape index (κ2) is 10.8. The van der Waals surface area contributed by atoms with E-state index in [-0.39, 0.29) is 16.6 Å². The van der Waals surface area contributed by atoms with Crippen LogP contribution in [0.1, 0.15) is 19.8 Å². The molecule has 0 unspecified atom stereocenters. The molecule has 3 aromatic rings. The highest BCUT2D eigenvalue weighted by Gasteiger charge is 2.16. The molecule has 32 heavy (non-hydrogen) atoms. The first-order chi connectivity index (χ1) is 15.3. The zero-order chi connectivity index (χ0) is 23.1. The van der Waals surface area contributed by atoms with Gasteiger partial charge in [-0.2, -0.15) is 0 Å². The highest BCUT2D eigenvalue weighted by atomic mass is 32.2. The van der Waals surface area contributed by atoms with Crippen molar-refractivity contribution in [3.8, 4) is 0 Å². The number of hydrogen-bond acceptors (Lipinski definition) is 6. The lowest BCUT2D eigenvalue weighted by molar-refractivity contribution is -0.118. The summed E-state index contributed by atoms with van der Waals surface area (Å²) in [7, 11) is -1.76. The minimum absolute atomic E-state index is 0.0286. The molecular weight excluding hydrogens is 446 g/mol. The molecule has 0 atom stereocenters. The molecule has 0 radical (unpaired) electrons. The van der Waals surface area contributed by atoms with Crippen LogP contribution in [0.5, 0.6) is 0 Å². The second-order valence-electron chi connectivity index (χ2n) is 7.49. The maximum atomic E-state index is 12.3. The van der Waals surface area contributed by atoms with Gasteiger partial charge in [0, 0.05) is 32.4 Å². The van der Waals surface area contributed by atoms with E-state index in [9.17, 15) is 13.2 Å². The van der Waals surface area contributed by atoms with Crippen molar-refractivity contribution >= 4 is 44.4 Å². The minimum Gasteiger partial charge on any atom is -0.375 e. The number of primary sulfonamides is 1. The minimum atomic E-state index is -3.80. The summed E-state index contributed by atoms with van der Waals surface area (Å²) in [4.78, 5) is 19.1. The first-order valence-electron chi connectivity index (χ1n) is 10.5. The Balaban J connectivity index is 1.55. The molecule has 8 nitrogen and oxygen atoms in total. The molecule has 0 fully saturated rings. The molecule has 0 aliphatic carbocycles. The van der Waals surface area contributed by atoms with Gasteiger partial charge in [-0.25, -0.2) is 18.5 Å². The number of nitrogens with one attached hydrogen (secondary N) is 1. The Labute approximate surface area is 193 Å². The molecule has 10 heteroatoms. The third-order valence-corrected chi connectivity index (χ3v) is 6.87. The molecule has 3 N–H and O–H groups in total. The number of carbonyl (C=O) groups is 1. The number of anilines is 1. The molecule has 0 spiro atoms. The number of imidazole rings is 1. The van der Waals surface area contributed by atoms with Crippen LogP contribution in [0.3, 0.4) is 0 Å². The Morgan fingerprint density at radius 3 is 2.66 bits per heavy atom. The molecule has 0 aliphatic heterocycles. The SMILES string of the molecule is CCCn1c(SCC(=O)NCCCN(C)c2ccccc2)nc2cc(S(N)(=O)=O)ccc21. The normalized spacial score (nSPS) is 11.6.